The molecule has 1 saturated heterocycles. The van der Waals surface area contributed by atoms with Gasteiger partial charge in [0, 0.05) is 30.4 Å². The highest BCUT2D eigenvalue weighted by Gasteiger charge is 2.26. The predicted octanol–water partition coefficient (Wildman–Crippen LogP) is 1.28. The number of nitrogens with one attached hydrogen (secondary N) is 1. The van der Waals surface area contributed by atoms with Crippen LogP contribution < -0.4 is 16.0 Å². The highest BCUT2D eigenvalue weighted by atomic mass is 16.2. The van der Waals surface area contributed by atoms with Crippen molar-refractivity contribution in [2.45, 2.75) is 45.7 Å². The fourth-order valence-electron chi connectivity index (χ4n) is 2.97. The maximum absolute atomic E-state index is 12.6. The van der Waals surface area contributed by atoms with Crippen molar-refractivity contribution in [3.05, 3.63) is 29.8 Å². The number of carbonyl (C=O) groups excluding carboxylic acids is 2. The third-order valence-corrected chi connectivity index (χ3v) is 4.12. The number of amides is 2. The van der Waals surface area contributed by atoms with Gasteiger partial charge in [-0.1, -0.05) is 12.1 Å². The lowest BCUT2D eigenvalue weighted by molar-refractivity contribution is -0.128. The number of rotatable bonds is 5. The number of nitrogens with two attached hydrogens (primary N) is 1. The molecular formula is C19H30N4O2. The minimum atomic E-state index is -0.304. The number of carbonyl (C=O) groups is 2. The first kappa shape index (κ1) is 19.2. The third-order valence-electron chi connectivity index (χ3n) is 4.12. The lowest BCUT2D eigenvalue weighted by Crippen LogP contribution is -2.48. The molecule has 0 saturated carbocycles. The van der Waals surface area contributed by atoms with Crippen molar-refractivity contribution in [1.29, 1.82) is 0 Å². The fourth-order valence-corrected chi connectivity index (χ4v) is 2.97. The second-order valence-electron chi connectivity index (χ2n) is 7.88. The first-order chi connectivity index (χ1) is 11.6. The van der Waals surface area contributed by atoms with Crippen LogP contribution in [0.1, 0.15) is 32.8 Å². The van der Waals surface area contributed by atoms with Gasteiger partial charge in [-0.15, -0.1) is 0 Å². The van der Waals surface area contributed by atoms with E-state index in [9.17, 15) is 9.59 Å². The molecule has 25 heavy (non-hydrogen) atoms. The average Bonchev–Trinajstić information content (AvgIpc) is 2.91. The zero-order chi connectivity index (χ0) is 18.6. The molecule has 2 rings (SSSR count). The lowest BCUT2D eigenvalue weighted by Gasteiger charge is -2.28. The van der Waals surface area contributed by atoms with E-state index >= 15 is 0 Å². The Balaban J connectivity index is 2.11. The molecule has 0 spiro atoms. The summed E-state index contributed by atoms with van der Waals surface area (Å²) in [6.45, 7) is 9.43. The molecular weight excluding hydrogens is 316 g/mol. The van der Waals surface area contributed by atoms with Gasteiger partial charge in [0.1, 0.15) is 0 Å². The van der Waals surface area contributed by atoms with Crippen molar-refractivity contribution in [1.82, 2.24) is 10.2 Å². The SMILES string of the molecule is Cc1cccc(N(CC(=O)NC(C)(C)C)CC(=O)N2CCC(N)C2)c1. The van der Waals surface area contributed by atoms with E-state index in [0.717, 1.165) is 17.7 Å². The molecule has 1 aromatic carbocycles. The highest BCUT2D eigenvalue weighted by molar-refractivity contribution is 5.87. The summed E-state index contributed by atoms with van der Waals surface area (Å²) in [6.07, 6.45) is 0.834. The quantitative estimate of drug-likeness (QED) is 0.842. The Kier molecular flexibility index (Phi) is 6.06. The van der Waals surface area contributed by atoms with Gasteiger partial charge in [0.25, 0.3) is 0 Å². The summed E-state index contributed by atoms with van der Waals surface area (Å²) in [7, 11) is 0. The summed E-state index contributed by atoms with van der Waals surface area (Å²) in [5, 5.41) is 2.96. The van der Waals surface area contributed by atoms with Gasteiger partial charge in [0.15, 0.2) is 0 Å². The van der Waals surface area contributed by atoms with Gasteiger partial charge in [0.2, 0.25) is 11.8 Å². The summed E-state index contributed by atoms with van der Waals surface area (Å²) in [4.78, 5) is 28.6. The molecule has 1 aliphatic rings. The average molecular weight is 346 g/mol. The standard InChI is InChI=1S/C19H30N4O2/c1-14-6-5-7-16(10-14)23(12-17(24)21-19(2,3)4)13-18(25)22-9-8-15(20)11-22/h5-7,10,15H,8-9,11-13,20H2,1-4H3,(H,21,24). The van der Waals surface area contributed by atoms with E-state index in [-0.39, 0.29) is 36.5 Å². The first-order valence-electron chi connectivity index (χ1n) is 8.80. The number of benzene rings is 1. The van der Waals surface area contributed by atoms with Crippen LogP contribution >= 0.6 is 0 Å². The second kappa shape index (κ2) is 7.87. The lowest BCUT2D eigenvalue weighted by atomic mass is 10.1. The zero-order valence-electron chi connectivity index (χ0n) is 15.7. The molecule has 1 heterocycles. The Labute approximate surface area is 150 Å². The minimum absolute atomic E-state index is 0.0121. The van der Waals surface area contributed by atoms with Crippen LogP contribution in [0.15, 0.2) is 24.3 Å². The molecule has 6 heteroatoms. The summed E-state index contributed by atoms with van der Waals surface area (Å²) in [5.74, 6) is -0.0852. The van der Waals surface area contributed by atoms with Gasteiger partial charge < -0.3 is 20.9 Å². The highest BCUT2D eigenvalue weighted by Crippen LogP contribution is 2.17. The Morgan fingerprint density at radius 1 is 1.32 bits per heavy atom. The molecule has 0 radical (unpaired) electrons. The van der Waals surface area contributed by atoms with Gasteiger partial charge >= 0.3 is 0 Å². The maximum atomic E-state index is 12.6. The van der Waals surface area contributed by atoms with Crippen molar-refractivity contribution in [3.8, 4) is 0 Å². The number of likely N-dealkylation sites (tertiary alicyclic amines) is 1. The Morgan fingerprint density at radius 2 is 2.04 bits per heavy atom. The Hall–Kier alpha value is -2.08. The second-order valence-corrected chi connectivity index (χ2v) is 7.88. The summed E-state index contributed by atoms with van der Waals surface area (Å²) in [6, 6.07) is 7.92. The molecule has 1 aliphatic heterocycles. The van der Waals surface area contributed by atoms with E-state index in [2.05, 4.69) is 5.32 Å². The van der Waals surface area contributed by atoms with Crippen molar-refractivity contribution in [2.24, 2.45) is 5.73 Å². The minimum Gasteiger partial charge on any atom is -0.353 e. The van der Waals surface area contributed by atoms with E-state index in [1.165, 1.54) is 0 Å². The summed E-state index contributed by atoms with van der Waals surface area (Å²) in [5.41, 5.74) is 7.57. The van der Waals surface area contributed by atoms with Crippen molar-refractivity contribution < 1.29 is 9.59 Å². The Morgan fingerprint density at radius 3 is 2.60 bits per heavy atom. The van der Waals surface area contributed by atoms with E-state index in [1.807, 2.05) is 56.9 Å². The zero-order valence-corrected chi connectivity index (χ0v) is 15.7. The maximum Gasteiger partial charge on any atom is 0.242 e. The van der Waals surface area contributed by atoms with Crippen LogP contribution in [0, 0.1) is 6.92 Å². The number of hydrogen-bond acceptors (Lipinski definition) is 4. The van der Waals surface area contributed by atoms with Crippen LogP contribution in [0.5, 0.6) is 0 Å². The van der Waals surface area contributed by atoms with Crippen LogP contribution in [0.3, 0.4) is 0 Å². The fraction of sp³-hybridized carbons (Fsp3) is 0.579. The molecule has 0 bridgehead atoms. The normalized spacial score (nSPS) is 17.5. The summed E-state index contributed by atoms with van der Waals surface area (Å²) >= 11 is 0. The number of hydrogen-bond donors (Lipinski definition) is 2. The van der Waals surface area contributed by atoms with Crippen molar-refractivity contribution in [3.63, 3.8) is 0 Å². The molecule has 138 valence electrons. The smallest absolute Gasteiger partial charge is 0.242 e. The molecule has 3 N–H and O–H groups in total. The van der Waals surface area contributed by atoms with Crippen molar-refractivity contribution >= 4 is 17.5 Å². The van der Waals surface area contributed by atoms with Gasteiger partial charge in [-0.2, -0.15) is 0 Å². The molecule has 1 unspecified atom stereocenters. The molecule has 2 amide bonds. The monoisotopic (exact) mass is 346 g/mol. The third kappa shape index (κ3) is 6.05. The molecule has 0 aromatic heterocycles. The van der Waals surface area contributed by atoms with Crippen LogP contribution in [-0.2, 0) is 9.59 Å². The van der Waals surface area contributed by atoms with Gasteiger partial charge in [0.05, 0.1) is 13.1 Å². The van der Waals surface area contributed by atoms with Crippen molar-refractivity contribution in [2.75, 3.05) is 31.1 Å². The number of aryl methyl sites for hydroxylation is 1. The molecule has 0 aliphatic carbocycles. The Bertz CT molecular complexity index is 624. The largest absolute Gasteiger partial charge is 0.353 e. The summed E-state index contributed by atoms with van der Waals surface area (Å²) < 4.78 is 0. The predicted molar refractivity (Wildman–Crippen MR) is 100 cm³/mol. The van der Waals surface area contributed by atoms with Crippen LogP contribution in [0.4, 0.5) is 5.69 Å². The van der Waals surface area contributed by atoms with Gasteiger partial charge in [-0.3, -0.25) is 9.59 Å². The van der Waals surface area contributed by atoms with Gasteiger partial charge in [-0.25, -0.2) is 0 Å². The van der Waals surface area contributed by atoms with E-state index in [1.54, 1.807) is 4.90 Å². The topological polar surface area (TPSA) is 78.7 Å². The molecule has 6 nitrogen and oxygen atoms in total. The van der Waals surface area contributed by atoms with Crippen LogP contribution in [0.2, 0.25) is 0 Å². The molecule has 1 fully saturated rings. The number of anilines is 1. The van der Waals surface area contributed by atoms with Crippen LogP contribution in [-0.4, -0.2) is 54.5 Å². The first-order valence-corrected chi connectivity index (χ1v) is 8.80. The molecule has 1 atom stereocenters. The van der Waals surface area contributed by atoms with E-state index in [4.69, 9.17) is 5.73 Å². The molecule has 1 aromatic rings. The van der Waals surface area contributed by atoms with E-state index < -0.39 is 0 Å². The number of nitrogens with zero attached hydrogens (tertiary/aromatic N) is 2. The van der Waals surface area contributed by atoms with Crippen LogP contribution in [0.25, 0.3) is 0 Å². The van der Waals surface area contributed by atoms with Gasteiger partial charge in [-0.05, 0) is 51.8 Å². The van der Waals surface area contributed by atoms with E-state index in [0.29, 0.717) is 13.1 Å².